The standard InChI is InChI=1S/C7H8N2O3/c1-3(10)5-6(11)8-4(2)9-7(5)12/h1-2H3,(H2,8,9,11,12). The molecule has 0 aromatic carbocycles. The first-order valence-electron chi connectivity index (χ1n) is 3.33. The number of carbonyl (C=O) groups excluding carboxylic acids is 1. The van der Waals surface area contributed by atoms with Gasteiger partial charge in [0.1, 0.15) is 11.4 Å². The van der Waals surface area contributed by atoms with Gasteiger partial charge in [0.25, 0.3) is 5.56 Å². The number of aryl methyl sites for hydroxylation is 1. The number of nitrogens with zero attached hydrogens (tertiary/aromatic N) is 1. The number of nitrogens with one attached hydrogen (secondary N) is 1. The Morgan fingerprint density at radius 1 is 1.58 bits per heavy atom. The molecule has 1 rings (SSSR count). The van der Waals surface area contributed by atoms with Crippen molar-refractivity contribution < 1.29 is 9.90 Å². The van der Waals surface area contributed by atoms with Gasteiger partial charge in [-0.3, -0.25) is 9.59 Å². The Morgan fingerprint density at radius 3 is 2.58 bits per heavy atom. The lowest BCUT2D eigenvalue weighted by Crippen LogP contribution is -2.18. The number of carbonyl (C=O) groups is 1. The van der Waals surface area contributed by atoms with Crippen molar-refractivity contribution in [3.8, 4) is 5.88 Å². The molecule has 0 spiro atoms. The Morgan fingerprint density at radius 2 is 2.17 bits per heavy atom. The number of Topliss-reactive ketones (excluding diaryl/α,β-unsaturated/α-hetero) is 1. The van der Waals surface area contributed by atoms with E-state index in [1.54, 1.807) is 0 Å². The van der Waals surface area contributed by atoms with Gasteiger partial charge < -0.3 is 10.1 Å². The van der Waals surface area contributed by atoms with Crippen molar-refractivity contribution in [2.24, 2.45) is 0 Å². The number of hydrogen-bond acceptors (Lipinski definition) is 4. The van der Waals surface area contributed by atoms with Crippen molar-refractivity contribution in [2.45, 2.75) is 13.8 Å². The molecule has 1 aromatic heterocycles. The van der Waals surface area contributed by atoms with E-state index >= 15 is 0 Å². The van der Waals surface area contributed by atoms with Crippen LogP contribution in [0, 0.1) is 6.92 Å². The maximum Gasteiger partial charge on any atom is 0.265 e. The van der Waals surface area contributed by atoms with Crippen molar-refractivity contribution in [2.75, 3.05) is 0 Å². The van der Waals surface area contributed by atoms with Crippen LogP contribution >= 0.6 is 0 Å². The Labute approximate surface area is 68.1 Å². The molecule has 0 bridgehead atoms. The van der Waals surface area contributed by atoms with Crippen LogP contribution in [0.15, 0.2) is 4.79 Å². The highest BCUT2D eigenvalue weighted by Crippen LogP contribution is 2.07. The maximum atomic E-state index is 11.0. The first-order valence-corrected chi connectivity index (χ1v) is 3.33. The highest BCUT2D eigenvalue weighted by atomic mass is 16.3. The summed E-state index contributed by atoms with van der Waals surface area (Å²) in [6.45, 7) is 2.71. The number of aromatic nitrogens is 2. The third kappa shape index (κ3) is 1.34. The van der Waals surface area contributed by atoms with E-state index in [9.17, 15) is 9.59 Å². The maximum absolute atomic E-state index is 11.0. The molecule has 0 aliphatic rings. The topological polar surface area (TPSA) is 83.0 Å². The Balaban J connectivity index is 3.49. The highest BCUT2D eigenvalue weighted by molar-refractivity contribution is 5.95. The Bertz CT molecular complexity index is 381. The Hall–Kier alpha value is -1.65. The van der Waals surface area contributed by atoms with Gasteiger partial charge in [-0.2, -0.15) is 4.98 Å². The second kappa shape index (κ2) is 2.77. The van der Waals surface area contributed by atoms with E-state index in [1.807, 2.05) is 0 Å². The molecule has 1 aromatic rings. The summed E-state index contributed by atoms with van der Waals surface area (Å²) in [6, 6.07) is 0. The molecule has 0 aliphatic carbocycles. The summed E-state index contributed by atoms with van der Waals surface area (Å²) in [5.74, 6) is -0.729. The number of ketones is 1. The third-order valence-electron chi connectivity index (χ3n) is 1.37. The smallest absolute Gasteiger partial charge is 0.265 e. The largest absolute Gasteiger partial charge is 0.493 e. The molecule has 0 aliphatic heterocycles. The number of aromatic hydroxyl groups is 1. The van der Waals surface area contributed by atoms with Crippen LogP contribution in [0.2, 0.25) is 0 Å². The molecule has 1 heterocycles. The molecule has 0 amide bonds. The van der Waals surface area contributed by atoms with Gasteiger partial charge in [-0.05, 0) is 13.8 Å². The van der Waals surface area contributed by atoms with E-state index in [0.717, 1.165) is 0 Å². The van der Waals surface area contributed by atoms with Crippen LogP contribution in [-0.2, 0) is 0 Å². The first-order chi connectivity index (χ1) is 5.52. The van der Waals surface area contributed by atoms with E-state index < -0.39 is 17.2 Å². The molecule has 0 atom stereocenters. The molecule has 0 saturated heterocycles. The zero-order valence-corrected chi connectivity index (χ0v) is 6.71. The average Bonchev–Trinajstić information content (AvgIpc) is 1.82. The second-order valence-corrected chi connectivity index (χ2v) is 2.41. The van der Waals surface area contributed by atoms with Gasteiger partial charge in [0.15, 0.2) is 5.78 Å². The summed E-state index contributed by atoms with van der Waals surface area (Å²) in [6.07, 6.45) is 0. The van der Waals surface area contributed by atoms with E-state index in [2.05, 4.69) is 9.97 Å². The third-order valence-corrected chi connectivity index (χ3v) is 1.37. The molecule has 12 heavy (non-hydrogen) atoms. The van der Waals surface area contributed by atoms with Crippen LogP contribution in [0.5, 0.6) is 5.88 Å². The summed E-state index contributed by atoms with van der Waals surface area (Å²) >= 11 is 0. The molecule has 0 fully saturated rings. The first kappa shape index (κ1) is 8.45. The van der Waals surface area contributed by atoms with Gasteiger partial charge in [-0.15, -0.1) is 0 Å². The van der Waals surface area contributed by atoms with Crippen molar-refractivity contribution in [1.82, 2.24) is 9.97 Å². The van der Waals surface area contributed by atoms with Crippen molar-refractivity contribution >= 4 is 5.78 Å². The fourth-order valence-corrected chi connectivity index (χ4v) is 0.888. The molecule has 0 saturated carbocycles. The fourth-order valence-electron chi connectivity index (χ4n) is 0.888. The number of hydrogen-bond donors (Lipinski definition) is 2. The van der Waals surface area contributed by atoms with E-state index in [4.69, 9.17) is 5.11 Å². The SMILES string of the molecule is CC(=O)c1c(O)nc(C)[nH]c1=O. The normalized spacial score (nSPS) is 9.83. The molecular weight excluding hydrogens is 160 g/mol. The van der Waals surface area contributed by atoms with Crippen LogP contribution < -0.4 is 5.56 Å². The van der Waals surface area contributed by atoms with Crippen LogP contribution in [0.3, 0.4) is 0 Å². The minimum absolute atomic E-state index is 0.280. The number of rotatable bonds is 1. The molecule has 0 radical (unpaired) electrons. The molecular formula is C7H8N2O3. The van der Waals surface area contributed by atoms with Crippen LogP contribution in [0.25, 0.3) is 0 Å². The predicted molar refractivity (Wildman–Crippen MR) is 41.3 cm³/mol. The van der Waals surface area contributed by atoms with Gasteiger partial charge in [0, 0.05) is 0 Å². The summed E-state index contributed by atoms with van der Waals surface area (Å²) in [5, 5.41) is 9.09. The summed E-state index contributed by atoms with van der Waals surface area (Å²) in [7, 11) is 0. The van der Waals surface area contributed by atoms with Crippen LogP contribution in [0.4, 0.5) is 0 Å². The molecule has 2 N–H and O–H groups in total. The fraction of sp³-hybridized carbons (Fsp3) is 0.286. The predicted octanol–water partition coefficient (Wildman–Crippen LogP) is -0.0135. The van der Waals surface area contributed by atoms with Gasteiger partial charge in [0.2, 0.25) is 5.88 Å². The zero-order valence-electron chi connectivity index (χ0n) is 6.71. The zero-order chi connectivity index (χ0) is 9.30. The quantitative estimate of drug-likeness (QED) is 0.577. The van der Waals surface area contributed by atoms with Gasteiger partial charge in [-0.25, -0.2) is 0 Å². The Kier molecular flexibility index (Phi) is 1.95. The lowest BCUT2D eigenvalue weighted by atomic mass is 10.2. The molecule has 5 nitrogen and oxygen atoms in total. The van der Waals surface area contributed by atoms with Gasteiger partial charge in [-0.1, -0.05) is 0 Å². The van der Waals surface area contributed by atoms with E-state index in [1.165, 1.54) is 13.8 Å². The summed E-state index contributed by atoms with van der Waals surface area (Å²) < 4.78 is 0. The molecule has 64 valence electrons. The van der Waals surface area contributed by atoms with Crippen molar-refractivity contribution in [3.05, 3.63) is 21.7 Å². The highest BCUT2D eigenvalue weighted by Gasteiger charge is 2.12. The monoisotopic (exact) mass is 168 g/mol. The van der Waals surface area contributed by atoms with Crippen LogP contribution in [0.1, 0.15) is 23.1 Å². The van der Waals surface area contributed by atoms with Gasteiger partial charge in [0.05, 0.1) is 0 Å². The second-order valence-electron chi connectivity index (χ2n) is 2.41. The summed E-state index contributed by atoms with van der Waals surface area (Å²) in [4.78, 5) is 27.7. The molecule has 5 heteroatoms. The molecule has 0 unspecified atom stereocenters. The number of aromatic amines is 1. The van der Waals surface area contributed by atoms with Crippen molar-refractivity contribution in [1.29, 1.82) is 0 Å². The van der Waals surface area contributed by atoms with Crippen molar-refractivity contribution in [3.63, 3.8) is 0 Å². The van der Waals surface area contributed by atoms with Gasteiger partial charge >= 0.3 is 0 Å². The lowest BCUT2D eigenvalue weighted by Gasteiger charge is -1.98. The number of H-pyrrole nitrogens is 1. The summed E-state index contributed by atoms with van der Waals surface area (Å²) in [5.41, 5.74) is -0.895. The minimum Gasteiger partial charge on any atom is -0.493 e. The van der Waals surface area contributed by atoms with E-state index in [0.29, 0.717) is 0 Å². The van der Waals surface area contributed by atoms with Crippen LogP contribution in [-0.4, -0.2) is 20.9 Å². The van der Waals surface area contributed by atoms with E-state index in [-0.39, 0.29) is 11.4 Å². The lowest BCUT2D eigenvalue weighted by molar-refractivity contribution is 0.101. The average molecular weight is 168 g/mol. The minimum atomic E-state index is -0.604.